The molecule has 0 radical (unpaired) electrons. The summed E-state index contributed by atoms with van der Waals surface area (Å²) in [7, 11) is -3.57. The Morgan fingerprint density at radius 2 is 2.24 bits per heavy atom. The monoisotopic (exact) mass is 323 g/mol. The van der Waals surface area contributed by atoms with Crippen LogP contribution in [0.3, 0.4) is 0 Å². The summed E-state index contributed by atoms with van der Waals surface area (Å²) in [5.41, 5.74) is 1.05. The largest absolute Gasteiger partial charge is 0.332 e. The van der Waals surface area contributed by atoms with Crippen molar-refractivity contribution in [1.29, 1.82) is 0 Å². The molecule has 112 valence electrons. The number of aryl methyl sites for hydroxylation is 1. The van der Waals surface area contributed by atoms with Crippen LogP contribution in [0.25, 0.3) is 0 Å². The van der Waals surface area contributed by atoms with Crippen LogP contribution in [0.1, 0.15) is 30.8 Å². The highest BCUT2D eigenvalue weighted by Crippen LogP contribution is 2.36. The van der Waals surface area contributed by atoms with Gasteiger partial charge in [0.05, 0.1) is 6.20 Å². The second-order valence-corrected chi connectivity index (χ2v) is 7.72. The quantitative estimate of drug-likeness (QED) is 0.906. The molecule has 0 saturated carbocycles. The summed E-state index contributed by atoms with van der Waals surface area (Å²) < 4.78 is 27.7. The zero-order valence-corrected chi connectivity index (χ0v) is 13.3. The second-order valence-electron chi connectivity index (χ2n) is 4.90. The summed E-state index contributed by atoms with van der Waals surface area (Å²) in [6.45, 7) is 1.93. The number of nitrogens with one attached hydrogen (secondary N) is 2. The van der Waals surface area contributed by atoms with Crippen molar-refractivity contribution in [1.82, 2.24) is 14.7 Å². The molecule has 0 saturated heterocycles. The van der Waals surface area contributed by atoms with Crippen LogP contribution < -0.4 is 4.72 Å². The molecule has 0 amide bonds. The third kappa shape index (κ3) is 3.00. The molecule has 0 fully saturated rings. The molecule has 2 aromatic rings. The van der Waals surface area contributed by atoms with E-state index < -0.39 is 10.0 Å². The average Bonchev–Trinajstić information content (AvgIpc) is 2.97. The zero-order chi connectivity index (χ0) is 14.9. The fourth-order valence-electron chi connectivity index (χ4n) is 2.37. The standard InChI is InChI=1S/C14H17N3O2S2/c1-2-13-15-9-14(16-13)21(18,19)17-11-7-8-20-12-6-4-3-5-10(11)12/h3-6,9,11,17H,2,7-8H2,1H3,(H,15,16). The van der Waals surface area contributed by atoms with Gasteiger partial charge in [-0.3, -0.25) is 0 Å². The van der Waals surface area contributed by atoms with E-state index in [1.165, 1.54) is 6.20 Å². The van der Waals surface area contributed by atoms with Gasteiger partial charge >= 0.3 is 0 Å². The van der Waals surface area contributed by atoms with Gasteiger partial charge in [-0.15, -0.1) is 11.8 Å². The Morgan fingerprint density at radius 3 is 3.00 bits per heavy atom. The lowest BCUT2D eigenvalue weighted by molar-refractivity contribution is 0.543. The minimum atomic E-state index is -3.57. The number of rotatable bonds is 4. The summed E-state index contributed by atoms with van der Waals surface area (Å²) >= 11 is 1.77. The van der Waals surface area contributed by atoms with Crippen LogP contribution in [0.5, 0.6) is 0 Å². The number of aromatic amines is 1. The maximum atomic E-state index is 12.5. The van der Waals surface area contributed by atoms with Gasteiger partial charge in [-0.2, -0.15) is 0 Å². The predicted octanol–water partition coefficient (Wildman–Crippen LogP) is 2.49. The van der Waals surface area contributed by atoms with E-state index in [1.807, 2.05) is 31.2 Å². The van der Waals surface area contributed by atoms with Crippen LogP contribution in [-0.4, -0.2) is 24.1 Å². The molecule has 2 heterocycles. The number of imidazole rings is 1. The van der Waals surface area contributed by atoms with Gasteiger partial charge in [-0.1, -0.05) is 25.1 Å². The lowest BCUT2D eigenvalue weighted by Gasteiger charge is -2.25. The molecule has 0 aliphatic carbocycles. The molecule has 1 unspecified atom stereocenters. The fourth-order valence-corrected chi connectivity index (χ4v) is 4.69. The van der Waals surface area contributed by atoms with Crippen LogP contribution in [0.2, 0.25) is 0 Å². The molecule has 1 atom stereocenters. The summed E-state index contributed by atoms with van der Waals surface area (Å²) in [6, 6.07) is 7.76. The molecular weight excluding hydrogens is 306 g/mol. The summed E-state index contributed by atoms with van der Waals surface area (Å²) in [4.78, 5) is 8.06. The van der Waals surface area contributed by atoms with Crippen molar-refractivity contribution in [3.05, 3.63) is 41.9 Å². The number of hydrogen-bond acceptors (Lipinski definition) is 4. The van der Waals surface area contributed by atoms with E-state index >= 15 is 0 Å². The van der Waals surface area contributed by atoms with E-state index in [0.29, 0.717) is 12.2 Å². The average molecular weight is 323 g/mol. The lowest BCUT2D eigenvalue weighted by Crippen LogP contribution is -2.31. The van der Waals surface area contributed by atoms with Crippen molar-refractivity contribution < 1.29 is 8.42 Å². The zero-order valence-electron chi connectivity index (χ0n) is 11.7. The van der Waals surface area contributed by atoms with Crippen LogP contribution >= 0.6 is 11.8 Å². The van der Waals surface area contributed by atoms with Gasteiger partial charge in [-0.25, -0.2) is 18.1 Å². The lowest BCUT2D eigenvalue weighted by atomic mass is 10.1. The summed E-state index contributed by atoms with van der Waals surface area (Å²) in [5, 5.41) is 0.134. The molecule has 1 aliphatic rings. The Morgan fingerprint density at radius 1 is 1.43 bits per heavy atom. The number of H-pyrrole nitrogens is 1. The number of aromatic nitrogens is 2. The second kappa shape index (κ2) is 5.82. The van der Waals surface area contributed by atoms with Gasteiger partial charge < -0.3 is 4.98 Å². The van der Waals surface area contributed by atoms with Gasteiger partial charge in [0.25, 0.3) is 10.0 Å². The van der Waals surface area contributed by atoms with E-state index in [2.05, 4.69) is 14.7 Å². The van der Waals surface area contributed by atoms with Crippen molar-refractivity contribution in [3.63, 3.8) is 0 Å². The first kappa shape index (κ1) is 14.6. The smallest absolute Gasteiger partial charge is 0.258 e. The van der Waals surface area contributed by atoms with Gasteiger partial charge in [-0.05, 0) is 23.8 Å². The molecule has 21 heavy (non-hydrogen) atoms. The van der Waals surface area contributed by atoms with Gasteiger partial charge in [0.2, 0.25) is 0 Å². The SMILES string of the molecule is CCc1ncc(S(=O)(=O)NC2CCSc3ccccc32)[nH]1. The predicted molar refractivity (Wildman–Crippen MR) is 82.8 cm³/mol. The first-order chi connectivity index (χ1) is 10.1. The minimum Gasteiger partial charge on any atom is -0.332 e. The van der Waals surface area contributed by atoms with Crippen molar-refractivity contribution in [2.24, 2.45) is 0 Å². The topological polar surface area (TPSA) is 74.8 Å². The number of nitrogens with zero attached hydrogens (tertiary/aromatic N) is 1. The molecule has 1 aromatic heterocycles. The van der Waals surface area contributed by atoms with Crippen LogP contribution in [0, 0.1) is 0 Å². The Balaban J connectivity index is 1.86. The highest BCUT2D eigenvalue weighted by Gasteiger charge is 2.26. The molecule has 0 bridgehead atoms. The molecule has 1 aromatic carbocycles. The highest BCUT2D eigenvalue weighted by atomic mass is 32.2. The number of hydrogen-bond donors (Lipinski definition) is 2. The Hall–Kier alpha value is -1.31. The molecule has 2 N–H and O–H groups in total. The molecule has 1 aliphatic heterocycles. The van der Waals surface area contributed by atoms with Gasteiger partial charge in [0.1, 0.15) is 5.82 Å². The van der Waals surface area contributed by atoms with Crippen LogP contribution in [0.4, 0.5) is 0 Å². The molecule has 3 rings (SSSR count). The number of thioether (sulfide) groups is 1. The van der Waals surface area contributed by atoms with E-state index in [0.717, 1.165) is 22.6 Å². The Bertz CT molecular complexity index is 740. The fraction of sp³-hybridized carbons (Fsp3) is 0.357. The molecule has 5 nitrogen and oxygen atoms in total. The number of benzene rings is 1. The van der Waals surface area contributed by atoms with E-state index in [1.54, 1.807) is 11.8 Å². The first-order valence-electron chi connectivity index (χ1n) is 6.88. The van der Waals surface area contributed by atoms with Crippen molar-refractivity contribution in [3.8, 4) is 0 Å². The van der Waals surface area contributed by atoms with Crippen molar-refractivity contribution >= 4 is 21.8 Å². The molecule has 0 spiro atoms. The number of fused-ring (bicyclic) bond motifs is 1. The molecule has 7 heteroatoms. The first-order valence-corrected chi connectivity index (χ1v) is 9.35. The maximum absolute atomic E-state index is 12.5. The normalized spacial score (nSPS) is 18.4. The minimum absolute atomic E-state index is 0.134. The third-order valence-corrected chi connectivity index (χ3v) is 5.99. The Labute approximate surface area is 128 Å². The third-order valence-electron chi connectivity index (χ3n) is 3.49. The van der Waals surface area contributed by atoms with Crippen LogP contribution in [-0.2, 0) is 16.4 Å². The highest BCUT2D eigenvalue weighted by molar-refractivity contribution is 7.99. The summed E-state index contributed by atoms with van der Waals surface area (Å²) in [5.74, 6) is 1.59. The van der Waals surface area contributed by atoms with E-state index in [4.69, 9.17) is 0 Å². The van der Waals surface area contributed by atoms with E-state index in [-0.39, 0.29) is 11.1 Å². The Kier molecular flexibility index (Phi) is 4.05. The maximum Gasteiger partial charge on any atom is 0.258 e. The van der Waals surface area contributed by atoms with Crippen LogP contribution in [0.15, 0.2) is 40.4 Å². The van der Waals surface area contributed by atoms with Gasteiger partial charge in [0.15, 0.2) is 5.03 Å². The molecular formula is C14H17N3O2S2. The van der Waals surface area contributed by atoms with Gasteiger partial charge in [0, 0.05) is 17.4 Å². The number of sulfonamides is 1. The van der Waals surface area contributed by atoms with Crippen molar-refractivity contribution in [2.45, 2.75) is 35.7 Å². The van der Waals surface area contributed by atoms with E-state index in [9.17, 15) is 8.42 Å². The summed E-state index contributed by atoms with van der Waals surface area (Å²) in [6.07, 6.45) is 2.85. The van der Waals surface area contributed by atoms with Crippen molar-refractivity contribution in [2.75, 3.05) is 5.75 Å².